The fraction of sp³-hybridized carbons (Fsp3) is 0.643. The molecule has 106 valence electrons. The predicted molar refractivity (Wildman–Crippen MR) is 78.3 cm³/mol. The number of aromatic nitrogens is 2. The van der Waals surface area contributed by atoms with Crippen molar-refractivity contribution in [1.29, 1.82) is 0 Å². The van der Waals surface area contributed by atoms with Crippen molar-refractivity contribution in [1.82, 2.24) is 9.97 Å². The van der Waals surface area contributed by atoms with E-state index >= 15 is 0 Å². The summed E-state index contributed by atoms with van der Waals surface area (Å²) in [6, 6.07) is 1.82. The SMILES string of the molecule is CC(=O)CNc1cc(NCC(C)(C)C(C)C)ncn1. The normalized spacial score (nSPS) is 11.5. The average molecular weight is 264 g/mol. The lowest BCUT2D eigenvalue weighted by Gasteiger charge is -2.29. The Morgan fingerprint density at radius 1 is 1.26 bits per heavy atom. The van der Waals surface area contributed by atoms with Gasteiger partial charge in [-0.05, 0) is 18.3 Å². The summed E-state index contributed by atoms with van der Waals surface area (Å²) in [5.74, 6) is 2.09. The van der Waals surface area contributed by atoms with Gasteiger partial charge in [0.25, 0.3) is 0 Å². The molecule has 0 spiro atoms. The zero-order valence-corrected chi connectivity index (χ0v) is 12.4. The molecule has 5 heteroatoms. The van der Waals surface area contributed by atoms with Crippen LogP contribution in [0.25, 0.3) is 0 Å². The first-order valence-electron chi connectivity index (χ1n) is 6.60. The highest BCUT2D eigenvalue weighted by Gasteiger charge is 2.21. The van der Waals surface area contributed by atoms with Crippen molar-refractivity contribution < 1.29 is 4.79 Å². The summed E-state index contributed by atoms with van der Waals surface area (Å²) in [5, 5.41) is 6.28. The van der Waals surface area contributed by atoms with E-state index in [0.29, 0.717) is 11.7 Å². The molecular weight excluding hydrogens is 240 g/mol. The average Bonchev–Trinajstić information content (AvgIpc) is 2.34. The lowest BCUT2D eigenvalue weighted by atomic mass is 9.81. The van der Waals surface area contributed by atoms with Gasteiger partial charge in [-0.2, -0.15) is 0 Å². The highest BCUT2D eigenvalue weighted by molar-refractivity contribution is 5.80. The summed E-state index contributed by atoms with van der Waals surface area (Å²) in [5.41, 5.74) is 0.192. The molecule has 5 nitrogen and oxygen atoms in total. The Hall–Kier alpha value is -1.65. The maximum absolute atomic E-state index is 10.9. The van der Waals surface area contributed by atoms with E-state index in [1.54, 1.807) is 6.92 Å². The van der Waals surface area contributed by atoms with E-state index in [9.17, 15) is 4.79 Å². The quantitative estimate of drug-likeness (QED) is 0.792. The molecule has 0 fully saturated rings. The van der Waals surface area contributed by atoms with Crippen LogP contribution in [0.5, 0.6) is 0 Å². The lowest BCUT2D eigenvalue weighted by molar-refractivity contribution is -0.115. The van der Waals surface area contributed by atoms with Crippen molar-refractivity contribution in [3.63, 3.8) is 0 Å². The van der Waals surface area contributed by atoms with Gasteiger partial charge in [-0.3, -0.25) is 4.79 Å². The minimum absolute atomic E-state index is 0.0778. The largest absolute Gasteiger partial charge is 0.369 e. The molecule has 1 heterocycles. The molecule has 0 aliphatic heterocycles. The fourth-order valence-electron chi connectivity index (χ4n) is 1.29. The molecule has 0 unspecified atom stereocenters. The van der Waals surface area contributed by atoms with Crippen LogP contribution in [0.2, 0.25) is 0 Å². The molecule has 0 saturated heterocycles. The van der Waals surface area contributed by atoms with Crippen LogP contribution in [-0.2, 0) is 4.79 Å². The van der Waals surface area contributed by atoms with E-state index in [4.69, 9.17) is 0 Å². The van der Waals surface area contributed by atoms with Gasteiger partial charge in [0, 0.05) is 12.6 Å². The number of hydrogen-bond acceptors (Lipinski definition) is 5. The number of ketones is 1. The van der Waals surface area contributed by atoms with Crippen molar-refractivity contribution in [3.05, 3.63) is 12.4 Å². The first kappa shape index (κ1) is 15.4. The highest BCUT2D eigenvalue weighted by Crippen LogP contribution is 2.26. The van der Waals surface area contributed by atoms with Gasteiger partial charge >= 0.3 is 0 Å². The van der Waals surface area contributed by atoms with Gasteiger partial charge in [0.05, 0.1) is 6.54 Å². The van der Waals surface area contributed by atoms with Gasteiger partial charge in [0.1, 0.15) is 23.7 Å². The van der Waals surface area contributed by atoms with E-state index in [-0.39, 0.29) is 17.7 Å². The minimum atomic E-state index is 0.0778. The Balaban J connectivity index is 2.60. The van der Waals surface area contributed by atoms with Gasteiger partial charge in [0.2, 0.25) is 0 Å². The van der Waals surface area contributed by atoms with Crippen LogP contribution in [0.4, 0.5) is 11.6 Å². The highest BCUT2D eigenvalue weighted by atomic mass is 16.1. The van der Waals surface area contributed by atoms with E-state index in [1.807, 2.05) is 6.07 Å². The van der Waals surface area contributed by atoms with Crippen LogP contribution < -0.4 is 10.6 Å². The first-order valence-corrected chi connectivity index (χ1v) is 6.60. The van der Waals surface area contributed by atoms with Gasteiger partial charge < -0.3 is 10.6 Å². The molecular formula is C14H24N4O. The molecule has 0 atom stereocenters. The van der Waals surface area contributed by atoms with Crippen molar-refractivity contribution in [2.24, 2.45) is 11.3 Å². The lowest BCUT2D eigenvalue weighted by Crippen LogP contribution is -2.28. The number of Topliss-reactive ketones (excluding diaryl/α,β-unsaturated/α-hetero) is 1. The summed E-state index contributed by atoms with van der Waals surface area (Å²) in [4.78, 5) is 19.2. The number of hydrogen-bond donors (Lipinski definition) is 2. The van der Waals surface area contributed by atoms with Gasteiger partial charge in [0.15, 0.2) is 0 Å². The van der Waals surface area contributed by atoms with Crippen LogP contribution in [0.15, 0.2) is 12.4 Å². The Morgan fingerprint density at radius 2 is 1.84 bits per heavy atom. The predicted octanol–water partition coefficient (Wildman–Crippen LogP) is 2.57. The topological polar surface area (TPSA) is 66.9 Å². The monoisotopic (exact) mass is 264 g/mol. The zero-order valence-electron chi connectivity index (χ0n) is 12.4. The second-order valence-corrected chi connectivity index (χ2v) is 5.84. The summed E-state index contributed by atoms with van der Waals surface area (Å²) in [6.07, 6.45) is 1.49. The molecule has 1 aromatic heterocycles. The smallest absolute Gasteiger partial charge is 0.148 e. The molecule has 1 rings (SSSR count). The number of nitrogens with zero attached hydrogens (tertiary/aromatic N) is 2. The number of anilines is 2. The van der Waals surface area contributed by atoms with Crippen LogP contribution in [-0.4, -0.2) is 28.8 Å². The van der Waals surface area contributed by atoms with Gasteiger partial charge in [-0.1, -0.05) is 27.7 Å². The first-order chi connectivity index (χ1) is 8.81. The fourth-order valence-corrected chi connectivity index (χ4v) is 1.29. The molecule has 2 N–H and O–H groups in total. The molecule has 0 aromatic carbocycles. The van der Waals surface area contributed by atoms with Crippen molar-refractivity contribution in [3.8, 4) is 0 Å². The standard InChI is InChI=1S/C14H24N4O/c1-10(2)14(4,5)8-16-13-6-12(17-9-18-13)15-7-11(3)19/h6,9-10H,7-8H2,1-5H3,(H2,15,16,17,18). The Kier molecular flexibility index (Phi) is 5.27. The second-order valence-electron chi connectivity index (χ2n) is 5.84. The Morgan fingerprint density at radius 3 is 2.37 bits per heavy atom. The van der Waals surface area contributed by atoms with Crippen LogP contribution >= 0.6 is 0 Å². The maximum Gasteiger partial charge on any atom is 0.148 e. The van der Waals surface area contributed by atoms with E-state index in [2.05, 4.69) is 48.3 Å². The molecule has 0 radical (unpaired) electrons. The molecule has 1 aromatic rings. The summed E-state index contributed by atoms with van der Waals surface area (Å²) < 4.78 is 0. The third-order valence-corrected chi connectivity index (χ3v) is 3.47. The molecule has 0 aliphatic carbocycles. The number of carbonyl (C=O) groups is 1. The summed E-state index contributed by atoms with van der Waals surface area (Å²) in [7, 11) is 0. The van der Waals surface area contributed by atoms with Crippen LogP contribution in [0.1, 0.15) is 34.6 Å². The third kappa shape index (κ3) is 5.24. The van der Waals surface area contributed by atoms with Crippen LogP contribution in [0.3, 0.4) is 0 Å². The van der Waals surface area contributed by atoms with E-state index in [1.165, 1.54) is 6.33 Å². The molecule has 0 aliphatic rings. The van der Waals surface area contributed by atoms with Crippen molar-refractivity contribution in [2.45, 2.75) is 34.6 Å². The molecule has 0 saturated carbocycles. The van der Waals surface area contributed by atoms with Gasteiger partial charge in [-0.25, -0.2) is 9.97 Å². The van der Waals surface area contributed by atoms with Crippen molar-refractivity contribution in [2.75, 3.05) is 23.7 Å². The Labute approximate surface area is 115 Å². The number of carbonyl (C=O) groups excluding carboxylic acids is 1. The van der Waals surface area contributed by atoms with E-state index < -0.39 is 0 Å². The van der Waals surface area contributed by atoms with E-state index in [0.717, 1.165) is 12.4 Å². The Bertz CT molecular complexity index is 429. The number of rotatable bonds is 7. The second kappa shape index (κ2) is 6.50. The molecule has 0 amide bonds. The summed E-state index contributed by atoms with van der Waals surface area (Å²) >= 11 is 0. The van der Waals surface area contributed by atoms with Crippen molar-refractivity contribution >= 4 is 17.4 Å². The molecule has 0 bridgehead atoms. The van der Waals surface area contributed by atoms with Gasteiger partial charge in [-0.15, -0.1) is 0 Å². The summed E-state index contributed by atoms with van der Waals surface area (Å²) in [6.45, 7) is 11.5. The minimum Gasteiger partial charge on any atom is -0.369 e. The van der Waals surface area contributed by atoms with Crippen LogP contribution in [0, 0.1) is 11.3 Å². The number of nitrogens with one attached hydrogen (secondary N) is 2. The third-order valence-electron chi connectivity index (χ3n) is 3.47. The maximum atomic E-state index is 10.9. The zero-order chi connectivity index (χ0) is 14.5. The molecule has 19 heavy (non-hydrogen) atoms.